The number of hydrogen-bond acceptors (Lipinski definition) is 2. The van der Waals surface area contributed by atoms with Crippen LogP contribution < -0.4 is 5.32 Å². The Balaban J connectivity index is 2.10. The molecule has 0 aromatic heterocycles. The first kappa shape index (κ1) is 7.27. The van der Waals surface area contributed by atoms with Crippen LogP contribution in [-0.4, -0.2) is 12.3 Å². The number of hydrogen-bond donors (Lipinski definition) is 1. The molecule has 0 saturated carbocycles. The topological polar surface area (TPSA) is 24.4 Å². The Bertz CT molecular complexity index is 370. The highest BCUT2D eigenvalue weighted by molar-refractivity contribution is 6.07. The molecule has 13 heavy (non-hydrogen) atoms. The van der Waals surface area contributed by atoms with Crippen LogP contribution in [0, 0.1) is 6.54 Å². The lowest BCUT2D eigenvalue weighted by Gasteiger charge is -2.15. The van der Waals surface area contributed by atoms with Crippen molar-refractivity contribution in [3.05, 3.63) is 41.6 Å². The van der Waals surface area contributed by atoms with E-state index < -0.39 is 0 Å². The maximum Gasteiger partial charge on any atom is 0.0672 e. The molecule has 3 aliphatic rings. The minimum Gasteiger partial charge on any atom is -0.308 e. The summed E-state index contributed by atoms with van der Waals surface area (Å²) in [5.74, 6) is 0. The second kappa shape index (κ2) is 2.67. The van der Waals surface area contributed by atoms with Crippen molar-refractivity contribution < 1.29 is 0 Å². The maximum absolute atomic E-state index is 4.61. The maximum atomic E-state index is 4.61. The van der Waals surface area contributed by atoms with Gasteiger partial charge in [0.15, 0.2) is 0 Å². The molecule has 1 radical (unpaired) electrons. The van der Waals surface area contributed by atoms with Crippen molar-refractivity contribution in [2.45, 2.75) is 12.8 Å². The highest BCUT2D eigenvalue weighted by Gasteiger charge is 2.25. The molecule has 2 heteroatoms. The zero-order valence-corrected chi connectivity index (χ0v) is 7.38. The number of fused-ring (bicyclic) bond motifs is 2. The zero-order chi connectivity index (χ0) is 8.67. The Morgan fingerprint density at radius 1 is 1.38 bits per heavy atom. The molecule has 0 unspecified atom stereocenters. The summed E-state index contributed by atoms with van der Waals surface area (Å²) in [7, 11) is 0. The predicted molar refractivity (Wildman–Crippen MR) is 53.2 cm³/mol. The normalized spacial score (nSPS) is 25.2. The molecule has 1 N–H and O–H groups in total. The molecule has 1 aliphatic carbocycles. The molecule has 0 aromatic carbocycles. The van der Waals surface area contributed by atoms with E-state index in [1.54, 1.807) is 0 Å². The van der Waals surface area contributed by atoms with Crippen LogP contribution in [0.15, 0.2) is 40.1 Å². The second-order valence-corrected chi connectivity index (χ2v) is 3.48. The summed E-state index contributed by atoms with van der Waals surface area (Å²) in [5.41, 5.74) is 5.17. The van der Waals surface area contributed by atoms with Crippen LogP contribution in [0.3, 0.4) is 0 Å². The molecule has 2 aliphatic heterocycles. The number of piperidine rings is 1. The van der Waals surface area contributed by atoms with E-state index in [0.29, 0.717) is 0 Å². The smallest absolute Gasteiger partial charge is 0.0672 e. The molecule has 65 valence electrons. The quantitative estimate of drug-likeness (QED) is 0.589. The third-order valence-corrected chi connectivity index (χ3v) is 2.67. The fourth-order valence-electron chi connectivity index (χ4n) is 2.01. The first-order chi connectivity index (χ1) is 6.45. The van der Waals surface area contributed by atoms with Crippen LogP contribution in [0.4, 0.5) is 0 Å². The molecule has 0 atom stereocenters. The van der Waals surface area contributed by atoms with E-state index in [-0.39, 0.29) is 0 Å². The second-order valence-electron chi connectivity index (χ2n) is 3.48. The Morgan fingerprint density at radius 3 is 3.38 bits per heavy atom. The molecule has 1 saturated heterocycles. The molecule has 1 fully saturated rings. The Hall–Kier alpha value is -1.15. The van der Waals surface area contributed by atoms with E-state index in [2.05, 4.69) is 35.1 Å². The molecule has 0 aromatic rings. The average molecular weight is 171 g/mol. The van der Waals surface area contributed by atoms with Gasteiger partial charge in [-0.15, -0.1) is 0 Å². The standard InChI is InChI=1S/C11H11N2/c1-2-4-10-8(3-1)9-7-12-6-5-11(9)13-10/h1-2,4,7,12H,3,5-6H2. The SMILES string of the molecule is [CH]1NCCC2=NC3=CC=CCC3=C12. The Labute approximate surface area is 77.7 Å². The third kappa shape index (κ3) is 1.02. The third-order valence-electron chi connectivity index (χ3n) is 2.67. The molecule has 2 nitrogen and oxygen atoms in total. The van der Waals surface area contributed by atoms with Gasteiger partial charge in [-0.05, 0) is 23.6 Å². The predicted octanol–water partition coefficient (Wildman–Crippen LogP) is 1.74. The number of nitrogens with one attached hydrogen (secondary N) is 1. The fourth-order valence-corrected chi connectivity index (χ4v) is 2.01. The highest BCUT2D eigenvalue weighted by atomic mass is 14.9. The minimum absolute atomic E-state index is 1.02. The van der Waals surface area contributed by atoms with Gasteiger partial charge in [0.2, 0.25) is 0 Å². The van der Waals surface area contributed by atoms with Gasteiger partial charge in [0.25, 0.3) is 0 Å². The molecule has 3 rings (SSSR count). The number of aliphatic imine (C=N–C) groups is 1. The minimum atomic E-state index is 1.02. The number of rotatable bonds is 0. The summed E-state index contributed by atoms with van der Waals surface area (Å²) in [4.78, 5) is 4.61. The van der Waals surface area contributed by atoms with Gasteiger partial charge < -0.3 is 5.32 Å². The lowest BCUT2D eigenvalue weighted by atomic mass is 9.96. The van der Waals surface area contributed by atoms with Crippen molar-refractivity contribution in [3.8, 4) is 0 Å². The van der Waals surface area contributed by atoms with Gasteiger partial charge in [0.05, 0.1) is 12.2 Å². The molecule has 2 heterocycles. The highest BCUT2D eigenvalue weighted by Crippen LogP contribution is 2.33. The Kier molecular flexibility index (Phi) is 1.49. The van der Waals surface area contributed by atoms with Crippen LogP contribution >= 0.6 is 0 Å². The molecule has 0 spiro atoms. The van der Waals surface area contributed by atoms with Gasteiger partial charge in [-0.25, -0.2) is 0 Å². The monoisotopic (exact) mass is 171 g/mol. The van der Waals surface area contributed by atoms with Crippen molar-refractivity contribution in [2.24, 2.45) is 4.99 Å². The van der Waals surface area contributed by atoms with Crippen LogP contribution in [0.5, 0.6) is 0 Å². The van der Waals surface area contributed by atoms with E-state index in [4.69, 9.17) is 0 Å². The fraction of sp³-hybridized carbons (Fsp3) is 0.273. The lowest BCUT2D eigenvalue weighted by molar-refractivity contribution is 0.799. The summed E-state index contributed by atoms with van der Waals surface area (Å²) in [6, 6.07) is 0. The van der Waals surface area contributed by atoms with Crippen LogP contribution in [-0.2, 0) is 0 Å². The van der Waals surface area contributed by atoms with Gasteiger partial charge in [-0.3, -0.25) is 4.99 Å². The molecular weight excluding hydrogens is 160 g/mol. The van der Waals surface area contributed by atoms with Crippen molar-refractivity contribution in [2.75, 3.05) is 6.54 Å². The lowest BCUT2D eigenvalue weighted by Crippen LogP contribution is -2.25. The van der Waals surface area contributed by atoms with E-state index >= 15 is 0 Å². The summed E-state index contributed by atoms with van der Waals surface area (Å²) in [6.07, 6.45) is 8.48. The van der Waals surface area contributed by atoms with Crippen molar-refractivity contribution in [3.63, 3.8) is 0 Å². The molecule has 0 bridgehead atoms. The van der Waals surface area contributed by atoms with Crippen LogP contribution in [0.1, 0.15) is 12.8 Å². The first-order valence-corrected chi connectivity index (χ1v) is 4.70. The molecular formula is C11H11N2. The van der Waals surface area contributed by atoms with Gasteiger partial charge in [-0.2, -0.15) is 0 Å². The van der Waals surface area contributed by atoms with E-state index in [9.17, 15) is 0 Å². The Morgan fingerprint density at radius 2 is 2.38 bits per heavy atom. The van der Waals surface area contributed by atoms with Crippen molar-refractivity contribution in [1.82, 2.24) is 5.32 Å². The largest absolute Gasteiger partial charge is 0.308 e. The molecule has 0 amide bonds. The summed E-state index contributed by atoms with van der Waals surface area (Å²) in [6.45, 7) is 3.13. The van der Waals surface area contributed by atoms with E-state index in [1.165, 1.54) is 22.6 Å². The number of nitrogens with zero attached hydrogens (tertiary/aromatic N) is 1. The van der Waals surface area contributed by atoms with Gasteiger partial charge >= 0.3 is 0 Å². The number of allylic oxidation sites excluding steroid dienone is 4. The summed E-state index contributed by atoms with van der Waals surface area (Å²) in [5, 5.41) is 3.27. The van der Waals surface area contributed by atoms with Crippen molar-refractivity contribution in [1.29, 1.82) is 0 Å². The van der Waals surface area contributed by atoms with Crippen LogP contribution in [0.25, 0.3) is 0 Å². The average Bonchev–Trinajstić information content (AvgIpc) is 2.56. The van der Waals surface area contributed by atoms with Gasteiger partial charge in [0, 0.05) is 18.7 Å². The van der Waals surface area contributed by atoms with Gasteiger partial charge in [-0.1, -0.05) is 12.2 Å². The zero-order valence-electron chi connectivity index (χ0n) is 7.38. The summed E-state index contributed by atoms with van der Waals surface area (Å²) < 4.78 is 0. The van der Waals surface area contributed by atoms with Crippen LogP contribution in [0.2, 0.25) is 0 Å². The summed E-state index contributed by atoms with van der Waals surface area (Å²) >= 11 is 0. The van der Waals surface area contributed by atoms with Gasteiger partial charge in [0.1, 0.15) is 0 Å². The first-order valence-electron chi connectivity index (χ1n) is 4.70. The van der Waals surface area contributed by atoms with E-state index in [1.807, 2.05) is 0 Å². The van der Waals surface area contributed by atoms with Crippen molar-refractivity contribution >= 4 is 5.71 Å². The van der Waals surface area contributed by atoms with E-state index in [0.717, 1.165) is 19.4 Å².